The number of rotatable bonds is 2. The minimum absolute atomic E-state index is 0.00398. The SMILES string of the molecule is N#Cc1c(-c2ccccc2F)cc(-c2cc(Cl)ccc2Cl)nc1N. The molecule has 3 nitrogen and oxygen atoms in total. The van der Waals surface area contributed by atoms with Crippen molar-refractivity contribution in [2.24, 2.45) is 0 Å². The highest BCUT2D eigenvalue weighted by molar-refractivity contribution is 6.35. The van der Waals surface area contributed by atoms with E-state index in [1.54, 1.807) is 42.5 Å². The molecule has 1 aromatic heterocycles. The molecule has 0 aliphatic carbocycles. The fourth-order valence-electron chi connectivity index (χ4n) is 2.41. The highest BCUT2D eigenvalue weighted by Crippen LogP contribution is 2.35. The number of nitrogen functional groups attached to an aromatic ring is 1. The van der Waals surface area contributed by atoms with Crippen LogP contribution in [0.5, 0.6) is 0 Å². The molecule has 1 heterocycles. The molecule has 0 bridgehead atoms. The van der Waals surface area contributed by atoms with Gasteiger partial charge >= 0.3 is 0 Å². The summed E-state index contributed by atoms with van der Waals surface area (Å²) in [6, 6.07) is 14.7. The summed E-state index contributed by atoms with van der Waals surface area (Å²) >= 11 is 12.2. The van der Waals surface area contributed by atoms with E-state index in [0.29, 0.717) is 26.9 Å². The van der Waals surface area contributed by atoms with Crippen molar-refractivity contribution in [3.05, 3.63) is 70.0 Å². The second-order valence-electron chi connectivity index (χ2n) is 5.03. The van der Waals surface area contributed by atoms with Gasteiger partial charge in [0.1, 0.15) is 23.3 Å². The molecule has 2 aromatic carbocycles. The van der Waals surface area contributed by atoms with Gasteiger partial charge in [-0.15, -0.1) is 0 Å². The second kappa shape index (κ2) is 6.48. The van der Waals surface area contributed by atoms with Crippen LogP contribution >= 0.6 is 23.2 Å². The Balaban J connectivity index is 2.31. The van der Waals surface area contributed by atoms with Crippen molar-refractivity contribution in [3.8, 4) is 28.5 Å². The number of nitrogens with two attached hydrogens (primary N) is 1. The Morgan fingerprint density at radius 2 is 1.75 bits per heavy atom. The molecule has 0 saturated heterocycles. The number of hydrogen-bond acceptors (Lipinski definition) is 3. The zero-order valence-corrected chi connectivity index (χ0v) is 13.7. The van der Waals surface area contributed by atoms with Crippen molar-refractivity contribution in [1.82, 2.24) is 4.98 Å². The lowest BCUT2D eigenvalue weighted by molar-refractivity contribution is 0.631. The Hall–Kier alpha value is -2.61. The van der Waals surface area contributed by atoms with E-state index in [1.165, 1.54) is 6.07 Å². The molecular weight excluding hydrogens is 348 g/mol. The van der Waals surface area contributed by atoms with E-state index in [1.807, 2.05) is 6.07 Å². The molecule has 0 atom stereocenters. The molecule has 0 aliphatic rings. The molecule has 6 heteroatoms. The van der Waals surface area contributed by atoms with Crippen LogP contribution in [0.15, 0.2) is 48.5 Å². The summed E-state index contributed by atoms with van der Waals surface area (Å²) in [5.74, 6) is -0.452. The number of pyridine rings is 1. The molecule has 0 amide bonds. The lowest BCUT2D eigenvalue weighted by atomic mass is 9.98. The maximum atomic E-state index is 14.2. The summed E-state index contributed by atoms with van der Waals surface area (Å²) in [5.41, 5.74) is 7.62. The maximum Gasteiger partial charge on any atom is 0.142 e. The van der Waals surface area contributed by atoms with E-state index in [-0.39, 0.29) is 16.9 Å². The van der Waals surface area contributed by atoms with Crippen molar-refractivity contribution in [2.45, 2.75) is 0 Å². The van der Waals surface area contributed by atoms with Crippen LogP contribution in [0.1, 0.15) is 5.56 Å². The van der Waals surface area contributed by atoms with Gasteiger partial charge in [0.05, 0.1) is 10.7 Å². The van der Waals surface area contributed by atoms with Crippen LogP contribution < -0.4 is 5.73 Å². The van der Waals surface area contributed by atoms with Crippen molar-refractivity contribution in [3.63, 3.8) is 0 Å². The minimum Gasteiger partial charge on any atom is -0.383 e. The Bertz CT molecular complexity index is 980. The normalized spacial score (nSPS) is 10.4. The number of benzene rings is 2. The molecule has 24 heavy (non-hydrogen) atoms. The van der Waals surface area contributed by atoms with Gasteiger partial charge in [-0.05, 0) is 30.3 Å². The predicted molar refractivity (Wildman–Crippen MR) is 94.2 cm³/mol. The highest BCUT2D eigenvalue weighted by atomic mass is 35.5. The second-order valence-corrected chi connectivity index (χ2v) is 5.87. The monoisotopic (exact) mass is 357 g/mol. The van der Waals surface area contributed by atoms with Gasteiger partial charge in [-0.25, -0.2) is 9.37 Å². The zero-order chi connectivity index (χ0) is 17.3. The van der Waals surface area contributed by atoms with Gasteiger partial charge in [-0.2, -0.15) is 5.26 Å². The van der Waals surface area contributed by atoms with Gasteiger partial charge in [0.25, 0.3) is 0 Å². The first kappa shape index (κ1) is 16.3. The molecule has 2 N–H and O–H groups in total. The van der Waals surface area contributed by atoms with Gasteiger partial charge in [0.2, 0.25) is 0 Å². The van der Waals surface area contributed by atoms with Crippen molar-refractivity contribution < 1.29 is 4.39 Å². The fourth-order valence-corrected chi connectivity index (χ4v) is 2.79. The van der Waals surface area contributed by atoms with E-state index in [0.717, 1.165) is 0 Å². The topological polar surface area (TPSA) is 62.7 Å². The minimum atomic E-state index is -0.456. The summed E-state index contributed by atoms with van der Waals surface area (Å²) in [7, 11) is 0. The molecule has 0 spiro atoms. The summed E-state index contributed by atoms with van der Waals surface area (Å²) in [4.78, 5) is 4.22. The molecule has 3 aromatic rings. The summed E-state index contributed by atoms with van der Waals surface area (Å²) in [6.07, 6.45) is 0. The third kappa shape index (κ3) is 2.92. The predicted octanol–water partition coefficient (Wildman–Crippen LogP) is 5.32. The van der Waals surface area contributed by atoms with E-state index in [2.05, 4.69) is 4.98 Å². The number of anilines is 1. The maximum absolute atomic E-state index is 14.2. The Kier molecular flexibility index (Phi) is 4.39. The zero-order valence-electron chi connectivity index (χ0n) is 12.2. The molecule has 0 aliphatic heterocycles. The number of hydrogen-bond donors (Lipinski definition) is 1. The summed E-state index contributed by atoms with van der Waals surface area (Å²) in [6.45, 7) is 0. The standard InChI is InChI=1S/C18H10Cl2FN3/c19-10-5-6-15(20)13(7-10)17-8-12(14(9-22)18(23)24-17)11-3-1-2-4-16(11)21/h1-8H,(H2,23,24). The molecule has 118 valence electrons. The first-order valence-electron chi connectivity index (χ1n) is 6.92. The molecule has 0 saturated carbocycles. The van der Waals surface area contributed by atoms with Gasteiger partial charge < -0.3 is 5.73 Å². The van der Waals surface area contributed by atoms with Crippen molar-refractivity contribution in [1.29, 1.82) is 5.26 Å². The number of nitrogens with zero attached hydrogens (tertiary/aromatic N) is 2. The van der Waals surface area contributed by atoms with Crippen LogP contribution in [0.25, 0.3) is 22.4 Å². The molecule has 0 unspecified atom stereocenters. The molecule has 3 rings (SSSR count). The fraction of sp³-hybridized carbons (Fsp3) is 0. The average Bonchev–Trinajstić information content (AvgIpc) is 2.57. The Morgan fingerprint density at radius 3 is 2.46 bits per heavy atom. The average molecular weight is 358 g/mol. The van der Waals surface area contributed by atoms with Crippen LogP contribution in [-0.4, -0.2) is 4.98 Å². The summed E-state index contributed by atoms with van der Waals surface area (Å²) in [5, 5.41) is 10.3. The van der Waals surface area contributed by atoms with E-state index < -0.39 is 5.82 Å². The van der Waals surface area contributed by atoms with E-state index in [4.69, 9.17) is 28.9 Å². The number of aromatic nitrogens is 1. The number of nitriles is 1. The first-order valence-corrected chi connectivity index (χ1v) is 7.68. The van der Waals surface area contributed by atoms with Crippen LogP contribution in [0.4, 0.5) is 10.2 Å². The van der Waals surface area contributed by atoms with Gasteiger partial charge in [0, 0.05) is 21.7 Å². The van der Waals surface area contributed by atoms with E-state index in [9.17, 15) is 9.65 Å². The number of halogens is 3. The first-order chi connectivity index (χ1) is 11.5. The third-order valence-corrected chi connectivity index (χ3v) is 4.09. The lowest BCUT2D eigenvalue weighted by Gasteiger charge is -2.12. The lowest BCUT2D eigenvalue weighted by Crippen LogP contribution is -2.00. The third-order valence-electron chi connectivity index (χ3n) is 3.53. The van der Waals surface area contributed by atoms with E-state index >= 15 is 0 Å². The van der Waals surface area contributed by atoms with Crippen LogP contribution in [-0.2, 0) is 0 Å². The highest BCUT2D eigenvalue weighted by Gasteiger charge is 2.17. The Labute approximate surface area is 148 Å². The Morgan fingerprint density at radius 1 is 1.00 bits per heavy atom. The van der Waals surface area contributed by atoms with Gasteiger partial charge in [-0.3, -0.25) is 0 Å². The van der Waals surface area contributed by atoms with Gasteiger partial charge in [0.15, 0.2) is 0 Å². The molecular formula is C18H10Cl2FN3. The van der Waals surface area contributed by atoms with Crippen LogP contribution in [0.2, 0.25) is 10.0 Å². The molecule has 0 fully saturated rings. The van der Waals surface area contributed by atoms with Crippen LogP contribution in [0, 0.1) is 17.1 Å². The van der Waals surface area contributed by atoms with Crippen molar-refractivity contribution >= 4 is 29.0 Å². The van der Waals surface area contributed by atoms with Crippen LogP contribution in [0.3, 0.4) is 0 Å². The summed E-state index contributed by atoms with van der Waals surface area (Å²) < 4.78 is 14.2. The van der Waals surface area contributed by atoms with Gasteiger partial charge in [-0.1, -0.05) is 41.4 Å². The molecule has 0 radical (unpaired) electrons. The smallest absolute Gasteiger partial charge is 0.142 e. The van der Waals surface area contributed by atoms with Crippen molar-refractivity contribution in [2.75, 3.05) is 5.73 Å². The largest absolute Gasteiger partial charge is 0.383 e. The quantitative estimate of drug-likeness (QED) is 0.675.